The fraction of sp³-hybridized carbons (Fsp3) is 0.696. The van der Waals surface area contributed by atoms with Crippen molar-refractivity contribution < 1.29 is 19.2 Å². The van der Waals surface area contributed by atoms with E-state index in [1.54, 1.807) is 30.1 Å². The third-order valence-electron chi connectivity index (χ3n) is 4.66. The molecule has 0 heterocycles. The Morgan fingerprint density at radius 3 is 2.07 bits per heavy atom. The molecule has 1 rings (SSSR count). The van der Waals surface area contributed by atoms with Gasteiger partial charge in [-0.05, 0) is 39.7 Å². The zero-order chi connectivity index (χ0) is 22.4. The molecule has 0 radical (unpaired) electrons. The molecule has 0 bridgehead atoms. The Bertz CT molecular complexity index is 643. The Labute approximate surface area is 180 Å². The lowest BCUT2D eigenvalue weighted by molar-refractivity contribution is -0.385. The quantitative estimate of drug-likeness (QED) is 0.198. The molecule has 0 saturated carbocycles. The van der Waals surface area contributed by atoms with Gasteiger partial charge >= 0.3 is 11.8 Å². The average molecular weight is 423 g/mol. The zero-order valence-electron chi connectivity index (χ0n) is 19.0. The number of para-hydroxylation sites is 2. The maximum atomic E-state index is 11.9. The van der Waals surface area contributed by atoms with Crippen LogP contribution in [0.1, 0.15) is 78.6 Å². The molecule has 1 aromatic rings. The van der Waals surface area contributed by atoms with Gasteiger partial charge in [0.1, 0.15) is 5.60 Å². The number of unbranched alkanes of at least 4 members (excludes halogenated alkanes) is 8. The highest BCUT2D eigenvalue weighted by atomic mass is 16.6. The molecule has 0 fully saturated rings. The van der Waals surface area contributed by atoms with Gasteiger partial charge in [-0.15, -0.1) is 0 Å². The van der Waals surface area contributed by atoms with Gasteiger partial charge in [-0.2, -0.15) is 0 Å². The van der Waals surface area contributed by atoms with E-state index >= 15 is 0 Å². The van der Waals surface area contributed by atoms with Crippen LogP contribution in [0.3, 0.4) is 0 Å². The van der Waals surface area contributed by atoms with Crippen LogP contribution in [0.15, 0.2) is 24.3 Å². The summed E-state index contributed by atoms with van der Waals surface area (Å²) in [5, 5.41) is 10.9. The minimum atomic E-state index is -0.447. The van der Waals surface area contributed by atoms with E-state index in [1.165, 1.54) is 31.7 Å². The van der Waals surface area contributed by atoms with Gasteiger partial charge in [0.25, 0.3) is 0 Å². The number of benzene rings is 1. The number of rotatable bonds is 14. The third-order valence-corrected chi connectivity index (χ3v) is 4.66. The molecule has 7 heteroatoms. The molecular weight excluding hydrogens is 384 g/mol. The Kier molecular flexibility index (Phi) is 11.9. The standard InChI is InChI=1S/C23H38N2O5/c1-23(2,3)30-22(26)24(4)18-14-10-8-6-5-7-9-11-15-19-29-21-17-13-12-16-20(21)25(27)28/h12-13,16-17H,5-11,14-15,18-19H2,1-4H3. The van der Waals surface area contributed by atoms with Crippen molar-refractivity contribution >= 4 is 11.8 Å². The maximum Gasteiger partial charge on any atom is 0.410 e. The van der Waals surface area contributed by atoms with E-state index in [1.807, 2.05) is 20.8 Å². The number of nitrogens with zero attached hydrogens (tertiary/aromatic N) is 2. The van der Waals surface area contributed by atoms with Crippen molar-refractivity contribution in [3.05, 3.63) is 34.4 Å². The smallest absolute Gasteiger partial charge is 0.410 e. The summed E-state index contributed by atoms with van der Waals surface area (Å²) in [6.07, 6.45) is 9.80. The number of carbonyl (C=O) groups is 1. The monoisotopic (exact) mass is 422 g/mol. The second-order valence-corrected chi connectivity index (χ2v) is 8.66. The van der Waals surface area contributed by atoms with Crippen LogP contribution in [0.5, 0.6) is 5.75 Å². The molecule has 0 aromatic heterocycles. The van der Waals surface area contributed by atoms with Gasteiger partial charge in [-0.25, -0.2) is 4.79 Å². The van der Waals surface area contributed by atoms with Gasteiger partial charge in [0.05, 0.1) is 11.5 Å². The van der Waals surface area contributed by atoms with Crippen LogP contribution in [-0.2, 0) is 4.74 Å². The highest BCUT2D eigenvalue weighted by Crippen LogP contribution is 2.26. The number of hydrogen-bond donors (Lipinski definition) is 0. The van der Waals surface area contributed by atoms with Crippen molar-refractivity contribution in [2.24, 2.45) is 0 Å². The summed E-state index contributed by atoms with van der Waals surface area (Å²) in [7, 11) is 1.79. The largest absolute Gasteiger partial charge is 0.487 e. The molecule has 0 atom stereocenters. The molecular formula is C23H38N2O5. The molecule has 0 saturated heterocycles. The summed E-state index contributed by atoms with van der Waals surface area (Å²) >= 11 is 0. The van der Waals surface area contributed by atoms with Crippen molar-refractivity contribution in [3.8, 4) is 5.75 Å². The summed E-state index contributed by atoms with van der Waals surface area (Å²) < 4.78 is 10.9. The van der Waals surface area contributed by atoms with Gasteiger partial charge in [-0.3, -0.25) is 10.1 Å². The van der Waals surface area contributed by atoms with Crippen LogP contribution in [-0.4, -0.2) is 41.7 Å². The number of ether oxygens (including phenoxy) is 2. The van der Waals surface area contributed by atoms with Crippen molar-refractivity contribution in [2.45, 2.75) is 84.2 Å². The second kappa shape index (κ2) is 13.8. The third kappa shape index (κ3) is 11.6. The fourth-order valence-electron chi connectivity index (χ4n) is 3.03. The normalized spacial score (nSPS) is 11.2. The molecule has 30 heavy (non-hydrogen) atoms. The minimum absolute atomic E-state index is 0.0230. The number of carbonyl (C=O) groups excluding carboxylic acids is 1. The molecule has 0 unspecified atom stereocenters. The highest BCUT2D eigenvalue weighted by molar-refractivity contribution is 5.67. The number of nitro benzene ring substituents is 1. The summed E-state index contributed by atoms with van der Waals surface area (Å²) in [6, 6.07) is 6.50. The SMILES string of the molecule is CN(CCCCCCCCCCCOc1ccccc1[N+](=O)[O-])C(=O)OC(C)(C)C. The van der Waals surface area contributed by atoms with Crippen molar-refractivity contribution in [2.75, 3.05) is 20.2 Å². The van der Waals surface area contributed by atoms with Crippen molar-refractivity contribution in [1.82, 2.24) is 4.90 Å². The lowest BCUT2D eigenvalue weighted by Crippen LogP contribution is -2.34. The van der Waals surface area contributed by atoms with Crippen LogP contribution in [0.4, 0.5) is 10.5 Å². The van der Waals surface area contributed by atoms with Gasteiger partial charge < -0.3 is 14.4 Å². The molecule has 7 nitrogen and oxygen atoms in total. The number of hydrogen-bond acceptors (Lipinski definition) is 5. The van der Waals surface area contributed by atoms with E-state index in [2.05, 4.69) is 0 Å². The maximum absolute atomic E-state index is 11.9. The number of amides is 1. The molecule has 0 aliphatic carbocycles. The predicted octanol–water partition coefficient (Wildman–Crippen LogP) is 6.35. The van der Waals surface area contributed by atoms with Gasteiger partial charge in [0, 0.05) is 19.7 Å². The average Bonchev–Trinajstić information content (AvgIpc) is 2.67. The summed E-state index contributed by atoms with van der Waals surface area (Å²) in [4.78, 5) is 24.0. The van der Waals surface area contributed by atoms with E-state index in [0.29, 0.717) is 12.4 Å². The fourth-order valence-corrected chi connectivity index (χ4v) is 3.03. The van der Waals surface area contributed by atoms with Gasteiger partial charge in [0.15, 0.2) is 5.75 Å². The Morgan fingerprint density at radius 1 is 0.967 bits per heavy atom. The minimum Gasteiger partial charge on any atom is -0.487 e. The number of nitro groups is 1. The van der Waals surface area contributed by atoms with Crippen LogP contribution >= 0.6 is 0 Å². The lowest BCUT2D eigenvalue weighted by Gasteiger charge is -2.24. The first-order chi connectivity index (χ1) is 14.2. The van der Waals surface area contributed by atoms with E-state index < -0.39 is 10.5 Å². The molecule has 0 aliphatic rings. The predicted molar refractivity (Wildman–Crippen MR) is 119 cm³/mol. The molecule has 0 aliphatic heterocycles. The van der Waals surface area contributed by atoms with E-state index in [0.717, 1.165) is 38.6 Å². The first-order valence-electron chi connectivity index (χ1n) is 11.0. The first kappa shape index (κ1) is 25.7. The van der Waals surface area contributed by atoms with Crippen molar-refractivity contribution in [3.63, 3.8) is 0 Å². The van der Waals surface area contributed by atoms with Crippen LogP contribution < -0.4 is 4.74 Å². The Hall–Kier alpha value is -2.31. The summed E-state index contributed by atoms with van der Waals surface area (Å²) in [6.45, 7) is 6.87. The van der Waals surface area contributed by atoms with E-state index in [4.69, 9.17) is 9.47 Å². The van der Waals surface area contributed by atoms with E-state index in [9.17, 15) is 14.9 Å². The molecule has 1 amide bonds. The molecule has 1 aromatic carbocycles. The summed E-state index contributed by atoms with van der Waals surface area (Å²) in [5.74, 6) is 0.347. The van der Waals surface area contributed by atoms with Crippen LogP contribution in [0.2, 0.25) is 0 Å². The van der Waals surface area contributed by atoms with Crippen LogP contribution in [0.25, 0.3) is 0 Å². The molecule has 0 N–H and O–H groups in total. The topological polar surface area (TPSA) is 81.9 Å². The Morgan fingerprint density at radius 2 is 1.50 bits per heavy atom. The molecule has 170 valence electrons. The summed E-state index contributed by atoms with van der Waals surface area (Å²) in [5.41, 5.74) is -0.424. The Balaban J connectivity index is 1.96. The lowest BCUT2D eigenvalue weighted by atomic mass is 10.1. The first-order valence-corrected chi connectivity index (χ1v) is 11.0. The van der Waals surface area contributed by atoms with Crippen LogP contribution in [0, 0.1) is 10.1 Å². The highest BCUT2D eigenvalue weighted by Gasteiger charge is 2.19. The molecule has 0 spiro atoms. The second-order valence-electron chi connectivity index (χ2n) is 8.66. The van der Waals surface area contributed by atoms with Gasteiger partial charge in [-0.1, -0.05) is 57.1 Å². The zero-order valence-corrected chi connectivity index (χ0v) is 19.0. The van der Waals surface area contributed by atoms with Crippen molar-refractivity contribution in [1.29, 1.82) is 0 Å². The van der Waals surface area contributed by atoms with Gasteiger partial charge in [0.2, 0.25) is 0 Å². The van der Waals surface area contributed by atoms with E-state index in [-0.39, 0.29) is 11.8 Å².